The quantitative estimate of drug-likeness (QED) is 0.638. The number of nitrogens with zero attached hydrogens (tertiary/aromatic N) is 2. The molecule has 2 aromatic rings. The lowest BCUT2D eigenvalue weighted by Crippen LogP contribution is -2.40. The van der Waals surface area contributed by atoms with Crippen LogP contribution >= 0.6 is 0 Å². The van der Waals surface area contributed by atoms with Gasteiger partial charge in [-0.2, -0.15) is 0 Å². The monoisotopic (exact) mass is 273 g/mol. The van der Waals surface area contributed by atoms with E-state index in [1.54, 1.807) is 24.4 Å². The molecule has 6 N–H and O–H groups in total. The third-order valence-electron chi connectivity index (χ3n) is 2.84. The Balaban J connectivity index is 2.49. The molecule has 1 aromatic carbocycles. The highest BCUT2D eigenvalue weighted by atomic mass is 16.2. The van der Waals surface area contributed by atoms with Crippen molar-refractivity contribution in [2.24, 2.45) is 11.5 Å². The van der Waals surface area contributed by atoms with Crippen LogP contribution in [0.25, 0.3) is 10.9 Å². The Morgan fingerprint density at radius 1 is 1.10 bits per heavy atom. The summed E-state index contributed by atoms with van der Waals surface area (Å²) >= 11 is 0. The van der Waals surface area contributed by atoms with Crippen LogP contribution in [0.5, 0.6) is 0 Å². The summed E-state index contributed by atoms with van der Waals surface area (Å²) in [6, 6.07) is 7.02. The molecule has 0 fully saturated rings. The van der Waals surface area contributed by atoms with Crippen LogP contribution in [0.3, 0.4) is 0 Å². The van der Waals surface area contributed by atoms with E-state index in [9.17, 15) is 9.59 Å². The van der Waals surface area contributed by atoms with Crippen molar-refractivity contribution in [2.45, 2.75) is 0 Å². The number of carbonyl (C=O) groups is 2. The Bertz CT molecular complexity index is 655. The summed E-state index contributed by atoms with van der Waals surface area (Å²) in [5, 5.41) is 0.740. The average molecular weight is 273 g/mol. The van der Waals surface area contributed by atoms with Crippen molar-refractivity contribution in [3.63, 3.8) is 0 Å². The molecule has 1 aromatic heterocycles. The van der Waals surface area contributed by atoms with Crippen molar-refractivity contribution < 1.29 is 9.59 Å². The number of hydrogen-bond donors (Lipinski definition) is 3. The molecule has 2 amide bonds. The van der Waals surface area contributed by atoms with E-state index in [0.717, 1.165) is 10.9 Å². The van der Waals surface area contributed by atoms with E-state index < -0.39 is 11.8 Å². The maximum Gasteiger partial charge on any atom is 0.236 e. The maximum absolute atomic E-state index is 11.1. The normalized spacial score (nSPS) is 10.4. The van der Waals surface area contributed by atoms with Gasteiger partial charge in [-0.15, -0.1) is 0 Å². The van der Waals surface area contributed by atoms with Crippen molar-refractivity contribution in [2.75, 3.05) is 23.7 Å². The third-order valence-corrected chi connectivity index (χ3v) is 2.84. The molecule has 0 radical (unpaired) electrons. The van der Waals surface area contributed by atoms with Crippen LogP contribution in [0.1, 0.15) is 0 Å². The smallest absolute Gasteiger partial charge is 0.236 e. The summed E-state index contributed by atoms with van der Waals surface area (Å²) in [7, 11) is 0. The van der Waals surface area contributed by atoms with Gasteiger partial charge in [0.1, 0.15) is 0 Å². The highest BCUT2D eigenvalue weighted by Gasteiger charge is 2.16. The van der Waals surface area contributed by atoms with Gasteiger partial charge < -0.3 is 22.1 Å². The number of pyridine rings is 1. The summed E-state index contributed by atoms with van der Waals surface area (Å²) in [6.45, 7) is -0.280. The van der Waals surface area contributed by atoms with Crippen molar-refractivity contribution in [3.05, 3.63) is 30.5 Å². The zero-order valence-corrected chi connectivity index (χ0v) is 10.7. The average Bonchev–Trinajstić information content (AvgIpc) is 2.37. The molecular weight excluding hydrogens is 258 g/mol. The summed E-state index contributed by atoms with van der Waals surface area (Å²) in [5.74, 6) is -1.14. The first-order valence-corrected chi connectivity index (χ1v) is 5.94. The predicted octanol–water partition coefficient (Wildman–Crippen LogP) is -0.406. The molecule has 0 unspecified atom stereocenters. The fourth-order valence-corrected chi connectivity index (χ4v) is 2.04. The van der Waals surface area contributed by atoms with Crippen molar-refractivity contribution in [1.82, 2.24) is 4.98 Å². The van der Waals surface area contributed by atoms with Crippen LogP contribution in [0.15, 0.2) is 30.5 Å². The van der Waals surface area contributed by atoms with E-state index >= 15 is 0 Å². The summed E-state index contributed by atoms with van der Waals surface area (Å²) in [4.78, 5) is 27.9. The molecule has 7 nitrogen and oxygen atoms in total. The number of nitrogen functional groups attached to an aromatic ring is 1. The Morgan fingerprint density at radius 2 is 1.75 bits per heavy atom. The molecule has 104 valence electrons. The van der Waals surface area contributed by atoms with Gasteiger partial charge >= 0.3 is 0 Å². The van der Waals surface area contributed by atoms with Crippen molar-refractivity contribution in [1.29, 1.82) is 0 Å². The largest absolute Gasteiger partial charge is 0.396 e. The second-order valence-corrected chi connectivity index (χ2v) is 4.36. The topological polar surface area (TPSA) is 128 Å². The highest BCUT2D eigenvalue weighted by molar-refractivity contribution is 5.99. The summed E-state index contributed by atoms with van der Waals surface area (Å²) < 4.78 is 0. The van der Waals surface area contributed by atoms with E-state index in [2.05, 4.69) is 4.98 Å². The number of carbonyl (C=O) groups excluding carboxylic acids is 2. The number of rotatable bonds is 5. The van der Waals surface area contributed by atoms with E-state index in [4.69, 9.17) is 17.2 Å². The van der Waals surface area contributed by atoms with E-state index in [-0.39, 0.29) is 13.1 Å². The number of fused-ring (bicyclic) bond motifs is 1. The van der Waals surface area contributed by atoms with Gasteiger partial charge in [0.25, 0.3) is 0 Å². The standard InChI is InChI=1S/C13H15N5O2/c14-11(19)6-18(7-12(15)20)10-4-3-9-8(13(10)16)2-1-5-17-9/h1-5H,6-7,16H2,(H2,14,19)(H2,15,20). The molecule has 20 heavy (non-hydrogen) atoms. The van der Waals surface area contributed by atoms with Gasteiger partial charge in [-0.25, -0.2) is 0 Å². The number of hydrogen-bond acceptors (Lipinski definition) is 5. The molecule has 0 atom stereocenters. The van der Waals surface area contributed by atoms with Crippen LogP contribution in [0, 0.1) is 0 Å². The number of nitrogens with two attached hydrogens (primary N) is 3. The first-order valence-electron chi connectivity index (χ1n) is 5.94. The molecule has 0 aliphatic heterocycles. The Kier molecular flexibility index (Phi) is 3.69. The molecule has 1 heterocycles. The molecule has 0 aliphatic rings. The SMILES string of the molecule is NC(=O)CN(CC(N)=O)c1ccc2ncccc2c1N. The van der Waals surface area contributed by atoms with Gasteiger partial charge in [0.2, 0.25) is 11.8 Å². The minimum Gasteiger partial charge on any atom is -0.396 e. The van der Waals surface area contributed by atoms with E-state index in [1.165, 1.54) is 4.90 Å². The molecule has 0 saturated carbocycles. The van der Waals surface area contributed by atoms with Crippen LogP contribution in [-0.2, 0) is 9.59 Å². The number of benzene rings is 1. The minimum atomic E-state index is -0.572. The Labute approximate surface area is 115 Å². The second kappa shape index (κ2) is 5.43. The molecule has 0 bridgehead atoms. The first kappa shape index (κ1) is 13.6. The van der Waals surface area contributed by atoms with Crippen LogP contribution in [-0.4, -0.2) is 29.9 Å². The minimum absolute atomic E-state index is 0.140. The molecule has 0 saturated heterocycles. The van der Waals surface area contributed by atoms with Crippen LogP contribution < -0.4 is 22.1 Å². The first-order chi connectivity index (χ1) is 9.49. The van der Waals surface area contributed by atoms with Crippen molar-refractivity contribution in [3.8, 4) is 0 Å². The van der Waals surface area contributed by atoms with Gasteiger partial charge in [0.15, 0.2) is 0 Å². The summed E-state index contributed by atoms with van der Waals surface area (Å²) in [6.07, 6.45) is 1.66. The van der Waals surface area contributed by atoms with Crippen LogP contribution in [0.2, 0.25) is 0 Å². The maximum atomic E-state index is 11.1. The molecule has 2 rings (SSSR count). The van der Waals surface area contributed by atoms with Gasteiger partial charge in [0, 0.05) is 11.6 Å². The van der Waals surface area contributed by atoms with Gasteiger partial charge in [0.05, 0.1) is 30.0 Å². The van der Waals surface area contributed by atoms with Gasteiger partial charge in [-0.3, -0.25) is 14.6 Å². The Morgan fingerprint density at radius 3 is 2.35 bits per heavy atom. The number of amides is 2. The molecule has 7 heteroatoms. The molecule has 0 spiro atoms. The lowest BCUT2D eigenvalue weighted by atomic mass is 10.1. The zero-order chi connectivity index (χ0) is 14.7. The van der Waals surface area contributed by atoms with E-state index in [1.807, 2.05) is 6.07 Å². The fourth-order valence-electron chi connectivity index (χ4n) is 2.04. The second-order valence-electron chi connectivity index (χ2n) is 4.36. The lowest BCUT2D eigenvalue weighted by molar-refractivity contribution is -0.117. The molecular formula is C13H15N5O2. The number of anilines is 2. The van der Waals surface area contributed by atoms with Gasteiger partial charge in [-0.1, -0.05) is 0 Å². The highest BCUT2D eigenvalue weighted by Crippen LogP contribution is 2.30. The molecule has 0 aliphatic carbocycles. The number of aromatic nitrogens is 1. The Hall–Kier alpha value is -2.83. The van der Waals surface area contributed by atoms with Gasteiger partial charge in [-0.05, 0) is 24.3 Å². The summed E-state index contributed by atoms with van der Waals surface area (Å²) in [5.41, 5.74) is 18.1. The number of primary amides is 2. The van der Waals surface area contributed by atoms with Crippen LogP contribution in [0.4, 0.5) is 11.4 Å². The fraction of sp³-hybridized carbons (Fsp3) is 0.154. The van der Waals surface area contributed by atoms with E-state index in [0.29, 0.717) is 11.4 Å². The third kappa shape index (κ3) is 2.77. The predicted molar refractivity (Wildman–Crippen MR) is 76.8 cm³/mol. The van der Waals surface area contributed by atoms with Crippen molar-refractivity contribution >= 4 is 34.1 Å². The lowest BCUT2D eigenvalue weighted by Gasteiger charge is -2.23. The zero-order valence-electron chi connectivity index (χ0n) is 10.7.